The Morgan fingerprint density at radius 2 is 2.14 bits per heavy atom. The molecule has 14 heavy (non-hydrogen) atoms. The molecule has 0 saturated carbocycles. The van der Waals surface area contributed by atoms with E-state index >= 15 is 0 Å². The standard InChI is InChI=1S/C10H20N2OSi/c1-14(2,3)13-10(8-11)9-6-4-5-7-12-9/h9-10,12H,4-7H2,1-3H3. The number of hydrogen-bond acceptors (Lipinski definition) is 3. The molecule has 2 atom stereocenters. The third-order valence-corrected chi connectivity index (χ3v) is 3.28. The van der Waals surface area contributed by atoms with Crippen LogP contribution in [0.15, 0.2) is 0 Å². The molecule has 0 spiro atoms. The van der Waals surface area contributed by atoms with Gasteiger partial charge in [0, 0.05) is 6.04 Å². The zero-order valence-electron chi connectivity index (χ0n) is 9.34. The van der Waals surface area contributed by atoms with Crippen molar-refractivity contribution in [1.29, 1.82) is 5.26 Å². The summed E-state index contributed by atoms with van der Waals surface area (Å²) >= 11 is 0. The van der Waals surface area contributed by atoms with Crippen molar-refractivity contribution in [3.8, 4) is 6.07 Å². The molecule has 3 nitrogen and oxygen atoms in total. The van der Waals surface area contributed by atoms with E-state index in [2.05, 4.69) is 31.0 Å². The fourth-order valence-corrected chi connectivity index (χ4v) is 2.70. The topological polar surface area (TPSA) is 45.0 Å². The van der Waals surface area contributed by atoms with E-state index in [-0.39, 0.29) is 12.1 Å². The van der Waals surface area contributed by atoms with E-state index in [1.54, 1.807) is 0 Å². The Morgan fingerprint density at radius 1 is 1.43 bits per heavy atom. The highest BCUT2D eigenvalue weighted by Crippen LogP contribution is 2.16. The molecule has 0 aromatic heterocycles. The van der Waals surface area contributed by atoms with Crippen LogP contribution in [0, 0.1) is 11.3 Å². The largest absolute Gasteiger partial charge is 0.401 e. The number of rotatable bonds is 3. The van der Waals surface area contributed by atoms with Gasteiger partial charge in [0.05, 0.1) is 6.07 Å². The number of nitriles is 1. The number of nitrogens with one attached hydrogen (secondary N) is 1. The highest BCUT2D eigenvalue weighted by molar-refractivity contribution is 6.69. The van der Waals surface area contributed by atoms with Gasteiger partial charge in [0.25, 0.3) is 0 Å². The summed E-state index contributed by atoms with van der Waals surface area (Å²) in [5, 5.41) is 12.4. The van der Waals surface area contributed by atoms with Crippen LogP contribution in [-0.4, -0.2) is 27.0 Å². The van der Waals surface area contributed by atoms with E-state index < -0.39 is 8.32 Å². The zero-order chi connectivity index (χ0) is 10.6. The molecule has 2 unspecified atom stereocenters. The molecule has 0 amide bonds. The van der Waals surface area contributed by atoms with Crippen LogP contribution in [0.4, 0.5) is 0 Å². The van der Waals surface area contributed by atoms with Crippen molar-refractivity contribution in [3.63, 3.8) is 0 Å². The second kappa shape index (κ2) is 4.92. The van der Waals surface area contributed by atoms with Gasteiger partial charge in [-0.2, -0.15) is 5.26 Å². The second-order valence-electron chi connectivity index (χ2n) is 4.84. The summed E-state index contributed by atoms with van der Waals surface area (Å²) in [4.78, 5) is 0. The second-order valence-corrected chi connectivity index (χ2v) is 9.30. The molecule has 0 aliphatic carbocycles. The Labute approximate surface area is 87.6 Å². The van der Waals surface area contributed by atoms with E-state index in [9.17, 15) is 0 Å². The minimum Gasteiger partial charge on any atom is -0.401 e. The molecule has 1 heterocycles. The molecule has 1 saturated heterocycles. The lowest BCUT2D eigenvalue weighted by atomic mass is 10.0. The summed E-state index contributed by atoms with van der Waals surface area (Å²) in [6.07, 6.45) is 3.26. The summed E-state index contributed by atoms with van der Waals surface area (Å²) in [5.74, 6) is 0. The van der Waals surface area contributed by atoms with Crippen molar-refractivity contribution in [2.24, 2.45) is 0 Å². The van der Waals surface area contributed by atoms with E-state index in [1.807, 2.05) is 0 Å². The maximum absolute atomic E-state index is 9.05. The van der Waals surface area contributed by atoms with E-state index in [1.165, 1.54) is 12.8 Å². The first-order valence-electron chi connectivity index (χ1n) is 5.34. The van der Waals surface area contributed by atoms with Crippen molar-refractivity contribution in [1.82, 2.24) is 5.32 Å². The number of nitrogens with zero attached hydrogens (tertiary/aromatic N) is 1. The summed E-state index contributed by atoms with van der Waals surface area (Å²) < 4.78 is 5.84. The van der Waals surface area contributed by atoms with Gasteiger partial charge in [0.2, 0.25) is 0 Å². The van der Waals surface area contributed by atoms with Gasteiger partial charge in [0.15, 0.2) is 8.32 Å². The van der Waals surface area contributed by atoms with Crippen LogP contribution in [0.3, 0.4) is 0 Å². The van der Waals surface area contributed by atoms with Crippen LogP contribution in [-0.2, 0) is 4.43 Å². The van der Waals surface area contributed by atoms with Gasteiger partial charge in [-0.1, -0.05) is 6.42 Å². The smallest absolute Gasteiger partial charge is 0.185 e. The monoisotopic (exact) mass is 212 g/mol. The van der Waals surface area contributed by atoms with Crippen molar-refractivity contribution in [3.05, 3.63) is 0 Å². The fourth-order valence-electron chi connectivity index (χ4n) is 1.72. The summed E-state index contributed by atoms with van der Waals surface area (Å²) in [7, 11) is -1.59. The molecule has 0 bridgehead atoms. The van der Waals surface area contributed by atoms with Gasteiger partial charge in [0.1, 0.15) is 6.10 Å². The Morgan fingerprint density at radius 3 is 2.57 bits per heavy atom. The van der Waals surface area contributed by atoms with Crippen molar-refractivity contribution >= 4 is 8.32 Å². The Balaban J connectivity index is 2.49. The lowest BCUT2D eigenvalue weighted by Crippen LogP contribution is -2.47. The molecule has 1 N–H and O–H groups in total. The Kier molecular flexibility index (Phi) is 4.11. The molecule has 0 aromatic carbocycles. The minimum absolute atomic E-state index is 0.248. The van der Waals surface area contributed by atoms with Crippen molar-refractivity contribution in [2.45, 2.75) is 51.0 Å². The molecule has 4 heteroatoms. The number of hydrogen-bond donors (Lipinski definition) is 1. The lowest BCUT2D eigenvalue weighted by Gasteiger charge is -2.31. The van der Waals surface area contributed by atoms with Crippen LogP contribution in [0.25, 0.3) is 0 Å². The summed E-state index contributed by atoms with van der Waals surface area (Å²) in [6, 6.07) is 2.53. The maximum Gasteiger partial charge on any atom is 0.185 e. The average molecular weight is 212 g/mol. The van der Waals surface area contributed by atoms with Gasteiger partial charge in [-0.05, 0) is 39.0 Å². The molecule has 1 aliphatic rings. The molecule has 1 aliphatic heterocycles. The first kappa shape index (κ1) is 11.7. The molecular weight excluding hydrogens is 192 g/mol. The third-order valence-electron chi connectivity index (χ3n) is 2.32. The minimum atomic E-state index is -1.59. The summed E-state index contributed by atoms with van der Waals surface area (Å²) in [6.45, 7) is 7.40. The van der Waals surface area contributed by atoms with Crippen molar-refractivity contribution in [2.75, 3.05) is 6.54 Å². The van der Waals surface area contributed by atoms with Crippen LogP contribution in [0.1, 0.15) is 19.3 Å². The van der Waals surface area contributed by atoms with E-state index in [4.69, 9.17) is 9.69 Å². The zero-order valence-corrected chi connectivity index (χ0v) is 10.3. The lowest BCUT2D eigenvalue weighted by molar-refractivity contribution is 0.176. The molecule has 80 valence electrons. The summed E-state index contributed by atoms with van der Waals surface area (Å²) in [5.41, 5.74) is 0. The predicted molar refractivity (Wildman–Crippen MR) is 59.5 cm³/mol. The van der Waals surface area contributed by atoms with Crippen LogP contribution >= 0.6 is 0 Å². The van der Waals surface area contributed by atoms with E-state index in [0.717, 1.165) is 13.0 Å². The first-order chi connectivity index (χ1) is 6.53. The fraction of sp³-hybridized carbons (Fsp3) is 0.900. The molecular formula is C10H20N2OSi. The number of piperidine rings is 1. The van der Waals surface area contributed by atoms with E-state index in [0.29, 0.717) is 0 Å². The first-order valence-corrected chi connectivity index (χ1v) is 8.74. The predicted octanol–water partition coefficient (Wildman–Crippen LogP) is 1.87. The Hall–Kier alpha value is -0.373. The molecule has 0 aromatic rings. The third kappa shape index (κ3) is 3.78. The average Bonchev–Trinajstić information content (AvgIpc) is 2.14. The van der Waals surface area contributed by atoms with Gasteiger partial charge in [-0.3, -0.25) is 0 Å². The molecule has 0 radical (unpaired) electrons. The maximum atomic E-state index is 9.05. The Bertz CT molecular complexity index is 213. The molecule has 1 fully saturated rings. The van der Waals surface area contributed by atoms with Gasteiger partial charge < -0.3 is 9.74 Å². The van der Waals surface area contributed by atoms with Crippen LogP contribution < -0.4 is 5.32 Å². The van der Waals surface area contributed by atoms with Gasteiger partial charge >= 0.3 is 0 Å². The van der Waals surface area contributed by atoms with Crippen LogP contribution in [0.2, 0.25) is 19.6 Å². The quantitative estimate of drug-likeness (QED) is 0.726. The SMILES string of the molecule is C[Si](C)(C)OC(C#N)C1CCCCN1. The highest BCUT2D eigenvalue weighted by Gasteiger charge is 2.28. The van der Waals surface area contributed by atoms with Crippen molar-refractivity contribution < 1.29 is 4.43 Å². The van der Waals surface area contributed by atoms with Crippen LogP contribution in [0.5, 0.6) is 0 Å². The highest BCUT2D eigenvalue weighted by atomic mass is 28.4. The van der Waals surface area contributed by atoms with Gasteiger partial charge in [-0.15, -0.1) is 0 Å². The normalized spacial score (nSPS) is 25.4. The van der Waals surface area contributed by atoms with Gasteiger partial charge in [-0.25, -0.2) is 0 Å². The molecule has 1 rings (SSSR count).